The van der Waals surface area contributed by atoms with Crippen LogP contribution in [0, 0.1) is 0 Å². The number of carboxylic acid groups (broad SMARTS) is 1. The fraction of sp³-hybridized carbons (Fsp3) is 0.286. The van der Waals surface area contributed by atoms with Gasteiger partial charge < -0.3 is 19.7 Å². The lowest BCUT2D eigenvalue weighted by molar-refractivity contribution is 0.0660. The van der Waals surface area contributed by atoms with Crippen molar-refractivity contribution in [3.05, 3.63) is 45.5 Å². The molecule has 21 heavy (non-hydrogen) atoms. The van der Waals surface area contributed by atoms with E-state index in [0.29, 0.717) is 18.8 Å². The van der Waals surface area contributed by atoms with Crippen LogP contribution in [0.15, 0.2) is 28.0 Å². The molecule has 0 radical (unpaired) electrons. The van der Waals surface area contributed by atoms with E-state index in [1.54, 1.807) is 22.3 Å². The third-order valence-electron chi connectivity index (χ3n) is 3.38. The summed E-state index contributed by atoms with van der Waals surface area (Å²) in [6, 6.07) is 4.81. The SMILES string of the molecule is O=C(O)c1ccc(CNC(=O)N2CCc3sccc3C2)o1. The predicted molar refractivity (Wildman–Crippen MR) is 76.3 cm³/mol. The maximum atomic E-state index is 12.1. The number of carbonyl (C=O) groups is 2. The Bertz CT molecular complexity index is 676. The molecule has 1 aliphatic rings. The largest absolute Gasteiger partial charge is 0.475 e. The van der Waals surface area contributed by atoms with E-state index in [4.69, 9.17) is 9.52 Å². The highest BCUT2D eigenvalue weighted by Crippen LogP contribution is 2.23. The summed E-state index contributed by atoms with van der Waals surface area (Å²) in [6.45, 7) is 1.49. The third-order valence-corrected chi connectivity index (χ3v) is 4.40. The van der Waals surface area contributed by atoms with E-state index in [1.807, 2.05) is 11.4 Å². The van der Waals surface area contributed by atoms with Gasteiger partial charge in [-0.3, -0.25) is 0 Å². The molecule has 0 bridgehead atoms. The first-order valence-corrected chi connectivity index (χ1v) is 7.41. The smallest absolute Gasteiger partial charge is 0.371 e. The first kappa shape index (κ1) is 13.7. The highest BCUT2D eigenvalue weighted by molar-refractivity contribution is 7.10. The van der Waals surface area contributed by atoms with E-state index in [1.165, 1.54) is 16.5 Å². The van der Waals surface area contributed by atoms with Gasteiger partial charge in [0.25, 0.3) is 0 Å². The van der Waals surface area contributed by atoms with Crippen LogP contribution < -0.4 is 5.32 Å². The number of carboxylic acids is 1. The number of urea groups is 1. The second-order valence-electron chi connectivity index (χ2n) is 4.77. The number of amides is 2. The third kappa shape index (κ3) is 2.92. The Morgan fingerprint density at radius 1 is 1.38 bits per heavy atom. The van der Waals surface area contributed by atoms with Crippen molar-refractivity contribution in [3.63, 3.8) is 0 Å². The van der Waals surface area contributed by atoms with Gasteiger partial charge in [0, 0.05) is 18.0 Å². The van der Waals surface area contributed by atoms with Crippen LogP contribution in [0.4, 0.5) is 4.79 Å². The van der Waals surface area contributed by atoms with E-state index in [-0.39, 0.29) is 18.3 Å². The Labute approximate surface area is 125 Å². The van der Waals surface area contributed by atoms with Gasteiger partial charge in [0.15, 0.2) is 0 Å². The Balaban J connectivity index is 1.56. The Kier molecular flexibility index (Phi) is 3.66. The fourth-order valence-electron chi connectivity index (χ4n) is 2.28. The summed E-state index contributed by atoms with van der Waals surface area (Å²) in [5, 5.41) is 13.6. The molecule has 0 atom stereocenters. The number of nitrogens with one attached hydrogen (secondary N) is 1. The standard InChI is InChI=1S/C14H14N2O4S/c17-13(18)11-2-1-10(20-11)7-15-14(19)16-5-3-12-9(8-16)4-6-21-12/h1-2,4,6H,3,5,7-8H2,(H,15,19)(H,17,18). The average Bonchev–Trinajstić information content (AvgIpc) is 3.12. The van der Waals surface area contributed by atoms with Gasteiger partial charge in [0.2, 0.25) is 5.76 Å². The number of hydrogen-bond donors (Lipinski definition) is 2. The van der Waals surface area contributed by atoms with Crippen LogP contribution in [0.2, 0.25) is 0 Å². The number of hydrogen-bond acceptors (Lipinski definition) is 4. The van der Waals surface area contributed by atoms with Crippen molar-refractivity contribution < 1.29 is 19.1 Å². The summed E-state index contributed by atoms with van der Waals surface area (Å²) in [5.74, 6) is -0.817. The molecule has 0 aliphatic carbocycles. The molecule has 110 valence electrons. The lowest BCUT2D eigenvalue weighted by Gasteiger charge is -2.27. The summed E-state index contributed by atoms with van der Waals surface area (Å²) >= 11 is 1.73. The second kappa shape index (κ2) is 5.61. The van der Waals surface area contributed by atoms with Gasteiger partial charge in [0.1, 0.15) is 5.76 Å². The van der Waals surface area contributed by atoms with Crippen molar-refractivity contribution in [1.82, 2.24) is 10.2 Å². The molecule has 2 N–H and O–H groups in total. The number of rotatable bonds is 3. The van der Waals surface area contributed by atoms with Crippen molar-refractivity contribution in [1.29, 1.82) is 0 Å². The minimum absolute atomic E-state index is 0.125. The molecule has 2 amide bonds. The quantitative estimate of drug-likeness (QED) is 0.911. The van der Waals surface area contributed by atoms with Gasteiger partial charge in [-0.05, 0) is 35.6 Å². The fourth-order valence-corrected chi connectivity index (χ4v) is 3.17. The zero-order chi connectivity index (χ0) is 14.8. The van der Waals surface area contributed by atoms with Gasteiger partial charge in [-0.2, -0.15) is 0 Å². The molecular formula is C14H14N2O4S. The van der Waals surface area contributed by atoms with Crippen molar-refractivity contribution in [2.24, 2.45) is 0 Å². The van der Waals surface area contributed by atoms with Crippen LogP contribution >= 0.6 is 11.3 Å². The molecule has 0 saturated carbocycles. The highest BCUT2D eigenvalue weighted by atomic mass is 32.1. The molecular weight excluding hydrogens is 292 g/mol. The van der Waals surface area contributed by atoms with Gasteiger partial charge in [0.05, 0.1) is 6.54 Å². The van der Waals surface area contributed by atoms with E-state index < -0.39 is 5.97 Å². The first-order valence-electron chi connectivity index (χ1n) is 6.53. The van der Waals surface area contributed by atoms with Crippen LogP contribution in [0.3, 0.4) is 0 Å². The number of fused-ring (bicyclic) bond motifs is 1. The Hall–Kier alpha value is -2.28. The highest BCUT2D eigenvalue weighted by Gasteiger charge is 2.21. The molecule has 6 nitrogen and oxygen atoms in total. The van der Waals surface area contributed by atoms with Crippen LogP contribution in [0.5, 0.6) is 0 Å². The van der Waals surface area contributed by atoms with Crippen LogP contribution in [0.25, 0.3) is 0 Å². The Morgan fingerprint density at radius 3 is 3.00 bits per heavy atom. The normalized spacial score (nSPS) is 13.8. The minimum Gasteiger partial charge on any atom is -0.475 e. The molecule has 2 aromatic rings. The van der Waals surface area contributed by atoms with Gasteiger partial charge in [-0.15, -0.1) is 11.3 Å². The molecule has 0 saturated heterocycles. The van der Waals surface area contributed by atoms with E-state index >= 15 is 0 Å². The first-order chi connectivity index (χ1) is 10.1. The number of furan rings is 1. The summed E-state index contributed by atoms with van der Waals surface area (Å²) in [6.07, 6.45) is 0.879. The monoisotopic (exact) mass is 306 g/mol. The van der Waals surface area contributed by atoms with Crippen molar-refractivity contribution in [3.8, 4) is 0 Å². The zero-order valence-electron chi connectivity index (χ0n) is 11.2. The molecule has 0 fully saturated rings. The molecule has 3 rings (SSSR count). The van der Waals surface area contributed by atoms with Crippen LogP contribution in [-0.4, -0.2) is 28.6 Å². The molecule has 7 heteroatoms. The second-order valence-corrected chi connectivity index (χ2v) is 5.77. The van der Waals surface area contributed by atoms with Crippen molar-refractivity contribution >= 4 is 23.3 Å². The average molecular weight is 306 g/mol. The van der Waals surface area contributed by atoms with Crippen LogP contribution in [-0.2, 0) is 19.5 Å². The summed E-state index contributed by atoms with van der Waals surface area (Å²) in [5.41, 5.74) is 1.20. The van der Waals surface area contributed by atoms with Gasteiger partial charge in [-0.25, -0.2) is 9.59 Å². The number of thiophene rings is 1. The predicted octanol–water partition coefficient (Wildman–Crippen LogP) is 2.31. The number of carbonyl (C=O) groups excluding carboxylic acids is 1. The maximum absolute atomic E-state index is 12.1. The molecule has 1 aliphatic heterocycles. The summed E-state index contributed by atoms with van der Waals surface area (Å²) in [7, 11) is 0. The molecule has 0 aromatic carbocycles. The topological polar surface area (TPSA) is 82.8 Å². The van der Waals surface area contributed by atoms with E-state index in [2.05, 4.69) is 5.32 Å². The van der Waals surface area contributed by atoms with Gasteiger partial charge >= 0.3 is 12.0 Å². The summed E-state index contributed by atoms with van der Waals surface area (Å²) in [4.78, 5) is 25.9. The number of aromatic carboxylic acids is 1. The van der Waals surface area contributed by atoms with Crippen molar-refractivity contribution in [2.45, 2.75) is 19.5 Å². The lowest BCUT2D eigenvalue weighted by atomic mass is 10.1. The Morgan fingerprint density at radius 2 is 2.24 bits per heavy atom. The van der Waals surface area contributed by atoms with Gasteiger partial charge in [-0.1, -0.05) is 0 Å². The van der Waals surface area contributed by atoms with E-state index in [9.17, 15) is 9.59 Å². The maximum Gasteiger partial charge on any atom is 0.371 e. The minimum atomic E-state index is -1.12. The molecule has 2 aromatic heterocycles. The molecule has 3 heterocycles. The van der Waals surface area contributed by atoms with Crippen molar-refractivity contribution in [2.75, 3.05) is 6.54 Å². The molecule has 0 spiro atoms. The lowest BCUT2D eigenvalue weighted by Crippen LogP contribution is -2.42. The summed E-state index contributed by atoms with van der Waals surface area (Å²) < 4.78 is 5.10. The van der Waals surface area contributed by atoms with Crippen LogP contribution in [0.1, 0.15) is 26.8 Å². The molecule has 0 unspecified atom stereocenters. The van der Waals surface area contributed by atoms with E-state index in [0.717, 1.165) is 6.42 Å². The number of nitrogens with zero attached hydrogens (tertiary/aromatic N) is 1. The zero-order valence-corrected chi connectivity index (χ0v) is 12.0.